The van der Waals surface area contributed by atoms with E-state index in [2.05, 4.69) is 16.0 Å². The van der Waals surface area contributed by atoms with Gasteiger partial charge in [-0.1, -0.05) is 72.8 Å². The Hall–Kier alpha value is -5.02. The lowest BCUT2D eigenvalue weighted by Crippen LogP contribution is -2.55. The summed E-state index contributed by atoms with van der Waals surface area (Å²) in [4.78, 5) is 40.3. The van der Waals surface area contributed by atoms with Crippen molar-refractivity contribution in [2.24, 2.45) is 5.73 Å². The van der Waals surface area contributed by atoms with Crippen LogP contribution in [0.15, 0.2) is 103 Å². The lowest BCUT2D eigenvalue weighted by Gasteiger charge is -2.24. The first kappa shape index (κ1) is 31.9. The van der Waals surface area contributed by atoms with Crippen LogP contribution in [0.25, 0.3) is 0 Å². The minimum atomic E-state index is -1.11. The summed E-state index contributed by atoms with van der Waals surface area (Å²) in [7, 11) is 0. The zero-order valence-corrected chi connectivity index (χ0v) is 24.6. The van der Waals surface area contributed by atoms with E-state index < -0.39 is 35.6 Å². The molecule has 3 amide bonds. The minimum Gasteiger partial charge on any atom is -0.494 e. The van der Waals surface area contributed by atoms with Crippen LogP contribution in [-0.4, -0.2) is 36.4 Å². The number of carbonyl (C=O) groups excluding carboxylic acids is 3. The standard InChI is InChI=1S/C35H37FN4O4/c1-2-44-29-18-16-24(17-19-29)20-31(39-33(41)27-8-4-3-5-9-27)35(43)40-32(21-28-10-6-7-11-30(28)36)34(42)38-23-26-14-12-25(22-37)13-15-26/h3-19,31-32H,2,20-23,37H2,1H3,(H,38,42)(H,39,41)(H,40,43)/t31-,32+/m1/s1. The quantitative estimate of drug-likeness (QED) is 0.175. The van der Waals surface area contributed by atoms with Gasteiger partial charge in [-0.15, -0.1) is 0 Å². The van der Waals surface area contributed by atoms with E-state index in [-0.39, 0.29) is 24.9 Å². The highest BCUT2D eigenvalue weighted by molar-refractivity contribution is 5.98. The molecule has 2 atom stereocenters. The van der Waals surface area contributed by atoms with E-state index in [0.29, 0.717) is 24.5 Å². The molecule has 4 aromatic carbocycles. The van der Waals surface area contributed by atoms with Gasteiger partial charge in [0.2, 0.25) is 11.8 Å². The molecule has 0 saturated heterocycles. The van der Waals surface area contributed by atoms with Gasteiger partial charge in [-0.3, -0.25) is 14.4 Å². The van der Waals surface area contributed by atoms with Crippen LogP contribution in [0.5, 0.6) is 5.75 Å². The number of amides is 3. The highest BCUT2D eigenvalue weighted by Crippen LogP contribution is 2.15. The monoisotopic (exact) mass is 596 g/mol. The van der Waals surface area contributed by atoms with Gasteiger partial charge in [-0.25, -0.2) is 4.39 Å². The Balaban J connectivity index is 1.55. The summed E-state index contributed by atoms with van der Waals surface area (Å²) in [6.45, 7) is 3.01. The second-order valence-corrected chi connectivity index (χ2v) is 10.3. The maximum absolute atomic E-state index is 14.6. The first-order chi connectivity index (χ1) is 21.4. The van der Waals surface area contributed by atoms with E-state index in [4.69, 9.17) is 10.5 Å². The van der Waals surface area contributed by atoms with Crippen molar-refractivity contribution in [2.75, 3.05) is 6.61 Å². The molecule has 4 aromatic rings. The average molecular weight is 597 g/mol. The molecule has 0 fully saturated rings. The second-order valence-electron chi connectivity index (χ2n) is 10.3. The number of benzene rings is 4. The highest BCUT2D eigenvalue weighted by atomic mass is 19.1. The van der Waals surface area contributed by atoms with Crippen molar-refractivity contribution in [3.63, 3.8) is 0 Å². The first-order valence-electron chi connectivity index (χ1n) is 14.5. The largest absolute Gasteiger partial charge is 0.494 e. The zero-order valence-electron chi connectivity index (χ0n) is 24.6. The summed E-state index contributed by atoms with van der Waals surface area (Å²) < 4.78 is 20.2. The molecule has 0 aliphatic heterocycles. The number of hydrogen-bond donors (Lipinski definition) is 4. The van der Waals surface area contributed by atoms with Gasteiger partial charge in [-0.2, -0.15) is 0 Å². The Bertz CT molecular complexity index is 1530. The van der Waals surface area contributed by atoms with Crippen molar-refractivity contribution in [3.05, 3.63) is 137 Å². The van der Waals surface area contributed by atoms with Crippen LogP contribution in [0.3, 0.4) is 0 Å². The Labute approximate surface area is 256 Å². The third-order valence-corrected chi connectivity index (χ3v) is 7.07. The Morgan fingerprint density at radius 3 is 2.00 bits per heavy atom. The summed E-state index contributed by atoms with van der Waals surface area (Å²) in [5, 5.41) is 8.44. The van der Waals surface area contributed by atoms with Crippen LogP contribution in [0.2, 0.25) is 0 Å². The molecule has 8 nitrogen and oxygen atoms in total. The Morgan fingerprint density at radius 1 is 0.727 bits per heavy atom. The van der Waals surface area contributed by atoms with Crippen LogP contribution in [0.1, 0.15) is 39.5 Å². The number of nitrogens with two attached hydrogens (primary N) is 1. The van der Waals surface area contributed by atoms with Gasteiger partial charge in [0.25, 0.3) is 5.91 Å². The summed E-state index contributed by atoms with van der Waals surface area (Å²) in [6.07, 6.45) is 0.0666. The first-order valence-corrected chi connectivity index (χ1v) is 14.5. The van der Waals surface area contributed by atoms with Crippen LogP contribution >= 0.6 is 0 Å². The average Bonchev–Trinajstić information content (AvgIpc) is 3.05. The number of rotatable bonds is 14. The number of halogens is 1. The van der Waals surface area contributed by atoms with Crippen LogP contribution in [0, 0.1) is 5.82 Å². The van der Waals surface area contributed by atoms with Gasteiger partial charge in [0.05, 0.1) is 6.61 Å². The van der Waals surface area contributed by atoms with E-state index in [9.17, 15) is 18.8 Å². The number of carbonyl (C=O) groups is 3. The van der Waals surface area contributed by atoms with Gasteiger partial charge in [0.15, 0.2) is 0 Å². The minimum absolute atomic E-state index is 0.0846. The van der Waals surface area contributed by atoms with Crippen LogP contribution < -0.4 is 26.4 Å². The lowest BCUT2D eigenvalue weighted by molar-refractivity contribution is -0.130. The molecule has 44 heavy (non-hydrogen) atoms. The normalized spacial score (nSPS) is 12.1. The fourth-order valence-corrected chi connectivity index (χ4v) is 4.64. The molecule has 0 heterocycles. The molecule has 9 heteroatoms. The van der Waals surface area contributed by atoms with Gasteiger partial charge >= 0.3 is 0 Å². The third-order valence-electron chi connectivity index (χ3n) is 7.07. The van der Waals surface area contributed by atoms with Crippen molar-refractivity contribution in [1.29, 1.82) is 0 Å². The molecule has 0 spiro atoms. The van der Waals surface area contributed by atoms with Crippen molar-refractivity contribution in [3.8, 4) is 5.75 Å². The molecule has 0 saturated carbocycles. The maximum atomic E-state index is 14.6. The lowest BCUT2D eigenvalue weighted by atomic mass is 10.0. The van der Waals surface area contributed by atoms with Crippen molar-refractivity contribution in [2.45, 2.75) is 44.9 Å². The van der Waals surface area contributed by atoms with Gasteiger partial charge in [0.1, 0.15) is 23.7 Å². The van der Waals surface area contributed by atoms with E-state index >= 15 is 0 Å². The molecule has 228 valence electrons. The number of nitrogens with one attached hydrogen (secondary N) is 3. The molecule has 5 N–H and O–H groups in total. The van der Waals surface area contributed by atoms with E-state index in [1.807, 2.05) is 43.3 Å². The van der Waals surface area contributed by atoms with E-state index in [1.165, 1.54) is 6.07 Å². The SMILES string of the molecule is CCOc1ccc(C[C@@H](NC(=O)c2ccccc2)C(=O)N[C@@H](Cc2ccccc2F)C(=O)NCc2ccc(CN)cc2)cc1. The predicted octanol–water partition coefficient (Wildman–Crippen LogP) is 4.07. The maximum Gasteiger partial charge on any atom is 0.251 e. The fourth-order valence-electron chi connectivity index (χ4n) is 4.64. The molecular formula is C35H37FN4O4. The van der Waals surface area contributed by atoms with E-state index in [0.717, 1.165) is 16.7 Å². The van der Waals surface area contributed by atoms with Gasteiger partial charge < -0.3 is 26.4 Å². The van der Waals surface area contributed by atoms with Gasteiger partial charge in [-0.05, 0) is 59.5 Å². The van der Waals surface area contributed by atoms with Gasteiger partial charge in [0, 0.05) is 31.5 Å². The molecule has 0 aliphatic rings. The molecule has 4 rings (SSSR count). The Kier molecular flexibility index (Phi) is 11.6. The van der Waals surface area contributed by atoms with Crippen LogP contribution in [0.4, 0.5) is 4.39 Å². The molecule has 0 aliphatic carbocycles. The second kappa shape index (κ2) is 16.0. The number of hydrogen-bond acceptors (Lipinski definition) is 5. The van der Waals surface area contributed by atoms with Crippen molar-refractivity contribution in [1.82, 2.24) is 16.0 Å². The predicted molar refractivity (Wildman–Crippen MR) is 167 cm³/mol. The molecular weight excluding hydrogens is 559 g/mol. The number of ether oxygens (including phenoxy) is 1. The van der Waals surface area contributed by atoms with Crippen molar-refractivity contribution < 1.29 is 23.5 Å². The molecule has 0 unspecified atom stereocenters. The Morgan fingerprint density at radius 2 is 1.34 bits per heavy atom. The summed E-state index contributed by atoms with van der Waals surface area (Å²) >= 11 is 0. The zero-order chi connectivity index (χ0) is 31.3. The molecule has 0 aromatic heterocycles. The molecule has 0 bridgehead atoms. The third kappa shape index (κ3) is 9.24. The van der Waals surface area contributed by atoms with E-state index in [1.54, 1.807) is 60.7 Å². The topological polar surface area (TPSA) is 123 Å². The highest BCUT2D eigenvalue weighted by Gasteiger charge is 2.28. The van der Waals surface area contributed by atoms with Crippen LogP contribution in [-0.2, 0) is 35.5 Å². The summed E-state index contributed by atoms with van der Waals surface area (Å²) in [6, 6.07) is 27.2. The summed E-state index contributed by atoms with van der Waals surface area (Å²) in [5.74, 6) is -1.30. The summed E-state index contributed by atoms with van der Waals surface area (Å²) in [5.41, 5.74) is 8.92. The molecule has 0 radical (unpaired) electrons. The van der Waals surface area contributed by atoms with Crippen molar-refractivity contribution >= 4 is 17.7 Å². The smallest absolute Gasteiger partial charge is 0.251 e. The fraction of sp³-hybridized carbons (Fsp3) is 0.229.